The molecule has 0 spiro atoms. The summed E-state index contributed by atoms with van der Waals surface area (Å²) in [6, 6.07) is 23.9. The number of carbonyl (C=O) groups is 1. The normalized spacial score (nSPS) is 17.5. The smallest absolute Gasteiger partial charge is 0.235 e. The summed E-state index contributed by atoms with van der Waals surface area (Å²) in [6.45, 7) is 4.69. The van der Waals surface area contributed by atoms with Gasteiger partial charge in [0, 0.05) is 12.1 Å². The molecule has 0 aromatic heterocycles. The third-order valence-corrected chi connectivity index (χ3v) is 5.89. The highest BCUT2D eigenvalue weighted by Crippen LogP contribution is 2.37. The number of rotatable bonds is 9. The third kappa shape index (κ3) is 6.35. The summed E-state index contributed by atoms with van der Waals surface area (Å²) in [5.74, 6) is 0.0631. The van der Waals surface area contributed by atoms with E-state index in [1.165, 1.54) is 5.56 Å². The van der Waals surface area contributed by atoms with Crippen LogP contribution >= 0.6 is 11.6 Å². The van der Waals surface area contributed by atoms with Crippen LogP contribution in [0.2, 0.25) is 0 Å². The van der Waals surface area contributed by atoms with E-state index in [4.69, 9.17) is 16.3 Å². The molecule has 3 aromatic rings. The molecule has 6 heteroatoms. The molecule has 1 saturated heterocycles. The Morgan fingerprint density at radius 1 is 1.00 bits per heavy atom. The van der Waals surface area contributed by atoms with Crippen LogP contribution in [0.4, 0.5) is 0 Å². The number of phenols is 1. The van der Waals surface area contributed by atoms with Gasteiger partial charge < -0.3 is 15.2 Å². The van der Waals surface area contributed by atoms with Crippen molar-refractivity contribution in [3.63, 3.8) is 0 Å². The lowest BCUT2D eigenvalue weighted by molar-refractivity contribution is -0.120. The van der Waals surface area contributed by atoms with E-state index in [0.29, 0.717) is 13.0 Å². The molecule has 3 aromatic carbocycles. The topological polar surface area (TPSA) is 73.9 Å². The maximum Gasteiger partial charge on any atom is 0.235 e. The van der Waals surface area contributed by atoms with E-state index in [1.54, 1.807) is 12.1 Å². The molecule has 3 N–H and O–H groups in total. The van der Waals surface area contributed by atoms with E-state index in [1.807, 2.05) is 38.1 Å². The SMILES string of the molecule is CC(C)(Cc1cccc(C2OC2NCc2cccc(-c3ccc(O)cc3)c2)c1)NC(=O)CCl. The molecular formula is C27H29ClN2O3. The van der Waals surface area contributed by atoms with Crippen molar-refractivity contribution in [3.8, 4) is 16.9 Å². The summed E-state index contributed by atoms with van der Waals surface area (Å²) in [4.78, 5) is 11.7. The maximum absolute atomic E-state index is 11.7. The number of epoxide rings is 1. The molecule has 0 aliphatic carbocycles. The highest BCUT2D eigenvalue weighted by molar-refractivity contribution is 6.27. The lowest BCUT2D eigenvalue weighted by Gasteiger charge is -2.26. The molecule has 172 valence electrons. The first-order valence-corrected chi connectivity index (χ1v) is 11.6. The van der Waals surface area contributed by atoms with E-state index in [2.05, 4.69) is 47.0 Å². The van der Waals surface area contributed by atoms with Crippen molar-refractivity contribution in [1.29, 1.82) is 0 Å². The quantitative estimate of drug-likeness (QED) is 0.310. The van der Waals surface area contributed by atoms with Crippen LogP contribution in [-0.4, -0.2) is 28.7 Å². The lowest BCUT2D eigenvalue weighted by atomic mass is 9.93. The Morgan fingerprint density at radius 2 is 1.73 bits per heavy atom. The van der Waals surface area contributed by atoms with Gasteiger partial charge in [0.2, 0.25) is 5.91 Å². The largest absolute Gasteiger partial charge is 0.508 e. The summed E-state index contributed by atoms with van der Waals surface area (Å²) >= 11 is 5.63. The summed E-state index contributed by atoms with van der Waals surface area (Å²) in [7, 11) is 0. The lowest BCUT2D eigenvalue weighted by Crippen LogP contribution is -2.45. The minimum absolute atomic E-state index is 0.0192. The minimum atomic E-state index is -0.380. The number of benzene rings is 3. The van der Waals surface area contributed by atoms with Gasteiger partial charge in [-0.05, 0) is 66.3 Å². The number of aromatic hydroxyl groups is 1. The van der Waals surface area contributed by atoms with E-state index in [0.717, 1.165) is 22.3 Å². The summed E-state index contributed by atoms with van der Waals surface area (Å²) < 4.78 is 5.89. The first kappa shape index (κ1) is 23.3. The van der Waals surface area contributed by atoms with Gasteiger partial charge in [-0.2, -0.15) is 0 Å². The molecule has 1 amide bonds. The molecule has 1 aliphatic heterocycles. The number of carbonyl (C=O) groups excluding carboxylic acids is 1. The standard InChI is InChI=1S/C27H29ClN2O3/c1-27(2,30-24(32)16-28)15-18-5-3-8-22(13-18)25-26(33-25)29-17-19-6-4-7-21(14-19)20-9-11-23(31)12-10-20/h3-14,25-26,29,31H,15-17H2,1-2H3,(H,30,32). The first-order valence-electron chi connectivity index (χ1n) is 11.1. The molecule has 2 unspecified atom stereocenters. The van der Waals surface area contributed by atoms with Gasteiger partial charge in [0.1, 0.15) is 24.0 Å². The second-order valence-electron chi connectivity index (χ2n) is 9.09. The van der Waals surface area contributed by atoms with Crippen molar-refractivity contribution in [2.75, 3.05) is 5.88 Å². The number of hydrogen-bond acceptors (Lipinski definition) is 4. The highest BCUT2D eigenvalue weighted by Gasteiger charge is 2.40. The van der Waals surface area contributed by atoms with Gasteiger partial charge in [0.25, 0.3) is 0 Å². The van der Waals surface area contributed by atoms with Gasteiger partial charge in [-0.15, -0.1) is 11.6 Å². The molecule has 0 saturated carbocycles. The fourth-order valence-corrected chi connectivity index (χ4v) is 4.17. The molecule has 0 bridgehead atoms. The van der Waals surface area contributed by atoms with Gasteiger partial charge in [-0.1, -0.05) is 54.6 Å². The minimum Gasteiger partial charge on any atom is -0.508 e. The van der Waals surface area contributed by atoms with Crippen molar-refractivity contribution in [3.05, 3.63) is 89.5 Å². The average molecular weight is 465 g/mol. The van der Waals surface area contributed by atoms with Crippen LogP contribution in [0.5, 0.6) is 5.75 Å². The van der Waals surface area contributed by atoms with Crippen molar-refractivity contribution in [1.82, 2.24) is 10.6 Å². The Bertz CT molecular complexity index is 1110. The third-order valence-electron chi connectivity index (χ3n) is 5.65. The van der Waals surface area contributed by atoms with Crippen LogP contribution in [0.15, 0.2) is 72.8 Å². The zero-order valence-corrected chi connectivity index (χ0v) is 19.6. The highest BCUT2D eigenvalue weighted by atomic mass is 35.5. The number of ether oxygens (including phenoxy) is 1. The van der Waals surface area contributed by atoms with Crippen LogP contribution in [0.25, 0.3) is 11.1 Å². The fourth-order valence-electron chi connectivity index (χ4n) is 4.10. The number of phenolic OH excluding ortho intramolecular Hbond substituents is 1. The molecule has 33 heavy (non-hydrogen) atoms. The predicted octanol–water partition coefficient (Wildman–Crippen LogP) is 4.92. The zero-order chi connectivity index (χ0) is 23.4. The second-order valence-corrected chi connectivity index (χ2v) is 9.36. The monoisotopic (exact) mass is 464 g/mol. The van der Waals surface area contributed by atoms with Crippen molar-refractivity contribution < 1.29 is 14.6 Å². The molecule has 1 heterocycles. The second kappa shape index (κ2) is 9.96. The summed E-state index contributed by atoms with van der Waals surface area (Å²) in [6.07, 6.45) is 0.700. The fraction of sp³-hybridized carbons (Fsp3) is 0.296. The van der Waals surface area contributed by atoms with Crippen molar-refractivity contribution in [2.24, 2.45) is 0 Å². The van der Waals surface area contributed by atoms with Crippen molar-refractivity contribution >= 4 is 17.5 Å². The molecule has 5 nitrogen and oxygen atoms in total. The Hall–Kier alpha value is -2.86. The number of amides is 1. The van der Waals surface area contributed by atoms with E-state index >= 15 is 0 Å². The molecule has 0 radical (unpaired) electrons. The molecule has 4 rings (SSSR count). The van der Waals surface area contributed by atoms with E-state index in [-0.39, 0.29) is 35.4 Å². The Kier molecular flexibility index (Phi) is 7.03. The number of alkyl halides is 1. The predicted molar refractivity (Wildman–Crippen MR) is 131 cm³/mol. The summed E-state index contributed by atoms with van der Waals surface area (Å²) in [5, 5.41) is 15.9. The van der Waals surface area contributed by atoms with Gasteiger partial charge >= 0.3 is 0 Å². The van der Waals surface area contributed by atoms with Gasteiger partial charge in [-0.25, -0.2) is 0 Å². The Labute approximate surface area is 199 Å². The van der Waals surface area contributed by atoms with Gasteiger partial charge in [-0.3, -0.25) is 10.1 Å². The molecule has 1 fully saturated rings. The van der Waals surface area contributed by atoms with Crippen LogP contribution in [0, 0.1) is 0 Å². The number of halogens is 1. The number of hydrogen-bond donors (Lipinski definition) is 3. The zero-order valence-electron chi connectivity index (χ0n) is 18.8. The van der Waals surface area contributed by atoms with Gasteiger partial charge in [0.05, 0.1) is 0 Å². The van der Waals surface area contributed by atoms with E-state index in [9.17, 15) is 9.90 Å². The average Bonchev–Trinajstić information content (AvgIpc) is 3.58. The Morgan fingerprint density at radius 3 is 2.48 bits per heavy atom. The van der Waals surface area contributed by atoms with Crippen LogP contribution in [0.3, 0.4) is 0 Å². The van der Waals surface area contributed by atoms with Crippen LogP contribution < -0.4 is 10.6 Å². The first-order chi connectivity index (χ1) is 15.8. The number of nitrogens with one attached hydrogen (secondary N) is 2. The maximum atomic E-state index is 11.7. The summed E-state index contributed by atoms with van der Waals surface area (Å²) in [5.41, 5.74) is 5.23. The van der Waals surface area contributed by atoms with Crippen LogP contribution in [-0.2, 0) is 22.5 Å². The van der Waals surface area contributed by atoms with Crippen LogP contribution in [0.1, 0.15) is 36.6 Å². The van der Waals surface area contributed by atoms with E-state index < -0.39 is 0 Å². The molecular weight excluding hydrogens is 436 g/mol. The van der Waals surface area contributed by atoms with Crippen molar-refractivity contribution in [2.45, 2.75) is 44.7 Å². The Balaban J connectivity index is 1.34. The molecule has 2 atom stereocenters. The van der Waals surface area contributed by atoms with Gasteiger partial charge in [0.15, 0.2) is 0 Å². The molecule has 1 aliphatic rings.